The Morgan fingerprint density at radius 2 is 2.05 bits per heavy atom. The second-order valence-corrected chi connectivity index (χ2v) is 6.16. The molecule has 0 radical (unpaired) electrons. The van der Waals surface area contributed by atoms with Crippen LogP contribution in [0.4, 0.5) is 4.39 Å². The van der Waals surface area contributed by atoms with Gasteiger partial charge in [-0.2, -0.15) is 11.8 Å². The molecule has 1 aliphatic rings. The summed E-state index contributed by atoms with van der Waals surface area (Å²) < 4.78 is 19.0. The van der Waals surface area contributed by atoms with Crippen LogP contribution in [0.1, 0.15) is 31.2 Å². The van der Waals surface area contributed by atoms with E-state index >= 15 is 0 Å². The van der Waals surface area contributed by atoms with Crippen molar-refractivity contribution in [2.24, 2.45) is 0 Å². The number of rotatable bonds is 5. The molecular formula is C15H22FNOS. The number of hydrogen-bond acceptors (Lipinski definition) is 3. The monoisotopic (exact) mass is 283 g/mol. The predicted molar refractivity (Wildman–Crippen MR) is 79.4 cm³/mol. The molecule has 0 heterocycles. The van der Waals surface area contributed by atoms with E-state index in [0.29, 0.717) is 23.9 Å². The van der Waals surface area contributed by atoms with Gasteiger partial charge in [-0.05, 0) is 38.0 Å². The molecule has 4 heteroatoms. The summed E-state index contributed by atoms with van der Waals surface area (Å²) in [6.45, 7) is 0.581. The van der Waals surface area contributed by atoms with E-state index in [2.05, 4.69) is 11.6 Å². The number of ether oxygens (including phenoxy) is 1. The fraction of sp³-hybridized carbons (Fsp3) is 0.600. The van der Waals surface area contributed by atoms with E-state index in [1.165, 1.54) is 32.8 Å². The van der Waals surface area contributed by atoms with Gasteiger partial charge >= 0.3 is 0 Å². The molecule has 0 amide bonds. The van der Waals surface area contributed by atoms with Crippen LogP contribution in [0.15, 0.2) is 18.2 Å². The minimum atomic E-state index is -0.240. The molecule has 2 rings (SSSR count). The summed E-state index contributed by atoms with van der Waals surface area (Å²) in [6.07, 6.45) is 7.09. The van der Waals surface area contributed by atoms with E-state index in [-0.39, 0.29) is 5.82 Å². The number of nitrogens with one attached hydrogen (secondary N) is 1. The Morgan fingerprint density at radius 1 is 1.32 bits per heavy atom. The first-order valence-corrected chi connectivity index (χ1v) is 8.11. The Labute approximate surface area is 119 Å². The van der Waals surface area contributed by atoms with Gasteiger partial charge in [0.2, 0.25) is 0 Å². The van der Waals surface area contributed by atoms with Gasteiger partial charge in [-0.25, -0.2) is 4.39 Å². The van der Waals surface area contributed by atoms with E-state index in [9.17, 15) is 4.39 Å². The average Bonchev–Trinajstić information content (AvgIpc) is 2.47. The SMILES string of the molecule is COc1cccc(CNC2CCC(SC)CC2)c1F. The van der Waals surface area contributed by atoms with E-state index in [0.717, 1.165) is 5.25 Å². The highest BCUT2D eigenvalue weighted by Gasteiger charge is 2.20. The third-order valence-electron chi connectivity index (χ3n) is 3.85. The number of methoxy groups -OCH3 is 1. The van der Waals surface area contributed by atoms with Crippen LogP contribution in [0.2, 0.25) is 0 Å². The van der Waals surface area contributed by atoms with Crippen molar-refractivity contribution in [3.05, 3.63) is 29.6 Å². The molecule has 0 atom stereocenters. The summed E-state index contributed by atoms with van der Waals surface area (Å²) >= 11 is 1.97. The second-order valence-electron chi connectivity index (χ2n) is 5.02. The van der Waals surface area contributed by atoms with Crippen LogP contribution < -0.4 is 10.1 Å². The molecule has 1 N–H and O–H groups in total. The van der Waals surface area contributed by atoms with E-state index in [4.69, 9.17) is 4.74 Å². The highest BCUT2D eigenvalue weighted by molar-refractivity contribution is 7.99. The van der Waals surface area contributed by atoms with Crippen LogP contribution in [0, 0.1) is 5.82 Å². The number of hydrogen-bond donors (Lipinski definition) is 1. The molecule has 0 spiro atoms. The fourth-order valence-electron chi connectivity index (χ4n) is 2.61. The topological polar surface area (TPSA) is 21.3 Å². The Kier molecular flexibility index (Phi) is 5.52. The van der Waals surface area contributed by atoms with Crippen molar-refractivity contribution in [3.8, 4) is 5.75 Å². The lowest BCUT2D eigenvalue weighted by Gasteiger charge is -2.28. The molecule has 0 bridgehead atoms. The maximum atomic E-state index is 14.0. The maximum absolute atomic E-state index is 14.0. The summed E-state index contributed by atoms with van der Waals surface area (Å²) in [6, 6.07) is 5.83. The van der Waals surface area contributed by atoms with Crippen molar-refractivity contribution in [2.75, 3.05) is 13.4 Å². The van der Waals surface area contributed by atoms with Crippen LogP contribution in [0.3, 0.4) is 0 Å². The zero-order valence-corrected chi connectivity index (χ0v) is 12.4. The average molecular weight is 283 g/mol. The van der Waals surface area contributed by atoms with Crippen LogP contribution in [0.25, 0.3) is 0 Å². The first-order valence-electron chi connectivity index (χ1n) is 6.82. The highest BCUT2D eigenvalue weighted by atomic mass is 32.2. The summed E-state index contributed by atoms with van der Waals surface area (Å²) in [7, 11) is 1.50. The normalized spacial score (nSPS) is 23.3. The largest absolute Gasteiger partial charge is 0.494 e. The van der Waals surface area contributed by atoms with Gasteiger partial charge in [-0.3, -0.25) is 0 Å². The van der Waals surface area contributed by atoms with E-state index in [1.807, 2.05) is 23.9 Å². The Bertz CT molecular complexity index is 405. The standard InChI is InChI=1S/C15H22FNOS/c1-18-14-5-3-4-11(15(14)16)10-17-12-6-8-13(19-2)9-7-12/h3-5,12-13,17H,6-10H2,1-2H3. The highest BCUT2D eigenvalue weighted by Crippen LogP contribution is 2.27. The quantitative estimate of drug-likeness (QED) is 0.892. The van der Waals surface area contributed by atoms with E-state index in [1.54, 1.807) is 6.07 Å². The number of halogens is 1. The van der Waals surface area contributed by atoms with E-state index < -0.39 is 0 Å². The van der Waals surface area contributed by atoms with Crippen molar-refractivity contribution in [3.63, 3.8) is 0 Å². The molecule has 1 saturated carbocycles. The maximum Gasteiger partial charge on any atom is 0.169 e. The van der Waals surface area contributed by atoms with Gasteiger partial charge in [-0.1, -0.05) is 12.1 Å². The van der Waals surface area contributed by atoms with Crippen molar-refractivity contribution < 1.29 is 9.13 Å². The van der Waals surface area contributed by atoms with Crippen molar-refractivity contribution >= 4 is 11.8 Å². The van der Waals surface area contributed by atoms with Crippen LogP contribution in [0.5, 0.6) is 5.75 Å². The molecular weight excluding hydrogens is 261 g/mol. The first-order chi connectivity index (χ1) is 9.24. The van der Waals surface area contributed by atoms with Gasteiger partial charge in [0, 0.05) is 23.4 Å². The van der Waals surface area contributed by atoms with Crippen molar-refractivity contribution in [1.29, 1.82) is 0 Å². The molecule has 2 nitrogen and oxygen atoms in total. The zero-order chi connectivity index (χ0) is 13.7. The predicted octanol–water partition coefficient (Wildman–Crippen LogP) is 3.60. The molecule has 1 aromatic rings. The van der Waals surface area contributed by atoms with Crippen LogP contribution in [-0.2, 0) is 6.54 Å². The third kappa shape index (κ3) is 3.86. The van der Waals surface area contributed by atoms with Gasteiger partial charge in [0.1, 0.15) is 0 Å². The molecule has 106 valence electrons. The first kappa shape index (κ1) is 14.7. The lowest BCUT2D eigenvalue weighted by molar-refractivity contribution is 0.367. The fourth-order valence-corrected chi connectivity index (χ4v) is 3.35. The molecule has 0 unspecified atom stereocenters. The number of thioether (sulfide) groups is 1. The third-order valence-corrected chi connectivity index (χ3v) is 4.99. The lowest BCUT2D eigenvalue weighted by atomic mass is 9.95. The minimum absolute atomic E-state index is 0.240. The smallest absolute Gasteiger partial charge is 0.169 e. The van der Waals surface area contributed by atoms with Gasteiger partial charge in [0.15, 0.2) is 11.6 Å². The molecule has 19 heavy (non-hydrogen) atoms. The van der Waals surface area contributed by atoms with Gasteiger partial charge in [-0.15, -0.1) is 0 Å². The van der Waals surface area contributed by atoms with Crippen LogP contribution >= 0.6 is 11.8 Å². The molecule has 0 aromatic heterocycles. The van der Waals surface area contributed by atoms with Gasteiger partial charge < -0.3 is 10.1 Å². The summed E-state index contributed by atoms with van der Waals surface area (Å²) in [5.41, 5.74) is 0.686. The van der Waals surface area contributed by atoms with Crippen LogP contribution in [-0.4, -0.2) is 24.7 Å². The zero-order valence-electron chi connectivity index (χ0n) is 11.6. The Hall–Kier alpha value is -0.740. The molecule has 1 aliphatic carbocycles. The molecule has 1 aromatic carbocycles. The molecule has 0 saturated heterocycles. The molecule has 0 aliphatic heterocycles. The van der Waals surface area contributed by atoms with Crippen molar-refractivity contribution in [1.82, 2.24) is 5.32 Å². The van der Waals surface area contributed by atoms with Gasteiger partial charge in [0.25, 0.3) is 0 Å². The number of benzene rings is 1. The summed E-state index contributed by atoms with van der Waals surface area (Å²) in [4.78, 5) is 0. The Balaban J connectivity index is 1.86. The Morgan fingerprint density at radius 3 is 2.68 bits per heavy atom. The van der Waals surface area contributed by atoms with Crippen molar-refractivity contribution in [2.45, 2.75) is 43.5 Å². The lowest BCUT2D eigenvalue weighted by Crippen LogP contribution is -2.33. The summed E-state index contributed by atoms with van der Waals surface area (Å²) in [5, 5.41) is 4.28. The summed E-state index contributed by atoms with van der Waals surface area (Å²) in [5.74, 6) is 0.0840. The van der Waals surface area contributed by atoms with Gasteiger partial charge in [0.05, 0.1) is 7.11 Å². The minimum Gasteiger partial charge on any atom is -0.494 e. The molecule has 1 fully saturated rings. The second kappa shape index (κ2) is 7.15.